The molecule has 5 nitrogen and oxygen atoms in total. The van der Waals surface area contributed by atoms with Gasteiger partial charge in [-0.15, -0.1) is 0 Å². The first-order valence-corrected chi connectivity index (χ1v) is 10.2. The second-order valence-corrected chi connectivity index (χ2v) is 9.18. The minimum atomic E-state index is -0.974. The fourth-order valence-electron chi connectivity index (χ4n) is 4.30. The van der Waals surface area contributed by atoms with Crippen molar-refractivity contribution in [3.63, 3.8) is 0 Å². The molecule has 1 N–H and O–H groups in total. The number of benzene rings is 2. The van der Waals surface area contributed by atoms with Crippen LogP contribution in [0.4, 0.5) is 4.39 Å². The van der Waals surface area contributed by atoms with Gasteiger partial charge in [-0.25, -0.2) is 4.39 Å². The molecule has 2 aromatic heterocycles. The van der Waals surface area contributed by atoms with E-state index in [2.05, 4.69) is 20.8 Å². The van der Waals surface area contributed by atoms with Gasteiger partial charge in [0.25, 0.3) is 5.56 Å². The van der Waals surface area contributed by atoms with Gasteiger partial charge in [0.15, 0.2) is 0 Å². The smallest absolute Gasteiger partial charge is 0.323 e. The van der Waals surface area contributed by atoms with Crippen molar-refractivity contribution >= 4 is 27.6 Å². The van der Waals surface area contributed by atoms with E-state index < -0.39 is 11.8 Å². The third kappa shape index (κ3) is 3.74. The van der Waals surface area contributed by atoms with Crippen LogP contribution < -0.4 is 5.56 Å². The van der Waals surface area contributed by atoms with Crippen molar-refractivity contribution in [1.29, 1.82) is 0 Å². The van der Waals surface area contributed by atoms with Crippen molar-refractivity contribution in [2.75, 3.05) is 0 Å². The molecule has 0 spiro atoms. The molecule has 0 aliphatic carbocycles. The third-order valence-corrected chi connectivity index (χ3v) is 5.49. The van der Waals surface area contributed by atoms with Crippen LogP contribution in [0, 0.1) is 18.2 Å². The Balaban J connectivity index is 2.13. The largest absolute Gasteiger partial charge is 0.480 e. The Morgan fingerprint density at radius 3 is 2.39 bits per heavy atom. The first-order chi connectivity index (χ1) is 14.6. The summed E-state index contributed by atoms with van der Waals surface area (Å²) in [5, 5.41) is 11.4. The number of hydrogen-bond donors (Lipinski definition) is 1. The summed E-state index contributed by atoms with van der Waals surface area (Å²) in [7, 11) is 0. The Morgan fingerprint density at radius 1 is 1.06 bits per heavy atom. The molecule has 2 heterocycles. The number of halogens is 1. The van der Waals surface area contributed by atoms with Crippen molar-refractivity contribution in [3.05, 3.63) is 70.5 Å². The lowest BCUT2D eigenvalue weighted by Gasteiger charge is -2.21. The highest BCUT2D eigenvalue weighted by Crippen LogP contribution is 2.38. The average molecular weight is 420 g/mol. The Morgan fingerprint density at radius 2 is 1.74 bits per heavy atom. The van der Waals surface area contributed by atoms with Crippen LogP contribution in [0.1, 0.15) is 26.5 Å². The lowest BCUT2D eigenvalue weighted by atomic mass is 9.95. The highest BCUT2D eigenvalue weighted by atomic mass is 19.1. The van der Waals surface area contributed by atoms with Crippen molar-refractivity contribution in [1.82, 2.24) is 9.13 Å². The lowest BCUT2D eigenvalue weighted by Crippen LogP contribution is -2.26. The third-order valence-electron chi connectivity index (χ3n) is 5.49. The van der Waals surface area contributed by atoms with Crippen LogP contribution in [0.2, 0.25) is 0 Å². The van der Waals surface area contributed by atoms with Crippen molar-refractivity contribution in [2.24, 2.45) is 5.41 Å². The van der Waals surface area contributed by atoms with E-state index in [0.29, 0.717) is 28.5 Å². The van der Waals surface area contributed by atoms with Crippen LogP contribution in [-0.2, 0) is 17.9 Å². The highest BCUT2D eigenvalue weighted by Gasteiger charge is 2.22. The highest BCUT2D eigenvalue weighted by molar-refractivity contribution is 6.06. The second-order valence-electron chi connectivity index (χ2n) is 9.18. The molecule has 0 atom stereocenters. The molecule has 0 radical (unpaired) electrons. The predicted molar refractivity (Wildman–Crippen MR) is 121 cm³/mol. The molecular formula is C25H25FN2O3. The fourth-order valence-corrected chi connectivity index (χ4v) is 4.30. The van der Waals surface area contributed by atoms with Crippen molar-refractivity contribution in [2.45, 2.75) is 40.8 Å². The summed E-state index contributed by atoms with van der Waals surface area (Å²) in [5.74, 6) is -1.37. The number of fused-ring (bicyclic) bond motifs is 2. The van der Waals surface area contributed by atoms with Crippen LogP contribution in [0.15, 0.2) is 53.5 Å². The molecular weight excluding hydrogens is 395 g/mol. The van der Waals surface area contributed by atoms with Gasteiger partial charge in [0.1, 0.15) is 12.4 Å². The van der Waals surface area contributed by atoms with E-state index >= 15 is 0 Å². The Kier molecular flexibility index (Phi) is 4.96. The van der Waals surface area contributed by atoms with E-state index in [4.69, 9.17) is 0 Å². The van der Waals surface area contributed by atoms with E-state index in [0.717, 1.165) is 16.5 Å². The minimum Gasteiger partial charge on any atom is -0.480 e. The number of carboxylic acids is 1. The van der Waals surface area contributed by atoms with E-state index in [1.807, 2.05) is 31.3 Å². The molecule has 160 valence electrons. The maximum atomic E-state index is 14.2. The van der Waals surface area contributed by atoms with Crippen molar-refractivity contribution < 1.29 is 14.3 Å². The van der Waals surface area contributed by atoms with Gasteiger partial charge in [0.05, 0.1) is 0 Å². The molecule has 0 unspecified atom stereocenters. The van der Waals surface area contributed by atoms with Crippen LogP contribution in [-0.4, -0.2) is 20.2 Å². The van der Waals surface area contributed by atoms with E-state index in [9.17, 15) is 19.1 Å². The van der Waals surface area contributed by atoms with E-state index in [1.165, 1.54) is 12.1 Å². The van der Waals surface area contributed by atoms with Gasteiger partial charge in [0.2, 0.25) is 0 Å². The summed E-state index contributed by atoms with van der Waals surface area (Å²) >= 11 is 0. The molecule has 4 aromatic rings. The number of nitrogens with zero attached hydrogens (tertiary/aromatic N) is 2. The monoisotopic (exact) mass is 420 g/mol. The number of aromatic nitrogens is 2. The molecule has 0 saturated heterocycles. The Hall–Kier alpha value is -3.41. The summed E-state index contributed by atoms with van der Waals surface area (Å²) < 4.78 is 17.6. The number of aliphatic carboxylic acids is 1. The van der Waals surface area contributed by atoms with Gasteiger partial charge in [-0.3, -0.25) is 9.59 Å². The Labute approximate surface area is 179 Å². The molecule has 0 bridgehead atoms. The first kappa shape index (κ1) is 20.8. The molecule has 0 saturated carbocycles. The number of carboxylic acid groups (broad SMARTS) is 1. The molecule has 0 amide bonds. The van der Waals surface area contributed by atoms with Crippen LogP contribution in [0.3, 0.4) is 0 Å². The number of pyridine rings is 1. The zero-order valence-electron chi connectivity index (χ0n) is 18.1. The van der Waals surface area contributed by atoms with Gasteiger partial charge < -0.3 is 14.2 Å². The number of hydrogen-bond acceptors (Lipinski definition) is 2. The number of carbonyl (C=O) groups is 1. The lowest BCUT2D eigenvalue weighted by molar-refractivity contribution is -0.137. The van der Waals surface area contributed by atoms with Gasteiger partial charge >= 0.3 is 5.97 Å². The maximum absolute atomic E-state index is 14.2. The molecule has 0 aliphatic heterocycles. The van der Waals surface area contributed by atoms with Gasteiger partial charge in [-0.2, -0.15) is 0 Å². The predicted octanol–water partition coefficient (Wildman–Crippen LogP) is 5.20. The van der Waals surface area contributed by atoms with Gasteiger partial charge in [0, 0.05) is 45.9 Å². The fraction of sp³-hybridized carbons (Fsp3) is 0.280. The maximum Gasteiger partial charge on any atom is 0.323 e. The quantitative estimate of drug-likeness (QED) is 0.493. The molecule has 4 rings (SSSR count). The van der Waals surface area contributed by atoms with E-state index in [-0.39, 0.29) is 17.5 Å². The van der Waals surface area contributed by atoms with Crippen molar-refractivity contribution in [3.8, 4) is 11.1 Å². The average Bonchev–Trinajstić information content (AvgIpc) is 2.94. The SMILES string of the molecule is Cc1c(-c2cn(CC(C)(C)C)c(=O)c3ccccc23)c2cc(F)ccc2n1CC(=O)O. The topological polar surface area (TPSA) is 64.2 Å². The molecule has 2 aromatic carbocycles. The summed E-state index contributed by atoms with van der Waals surface area (Å²) in [6.45, 7) is 8.32. The molecule has 6 heteroatoms. The van der Waals surface area contributed by atoms with Gasteiger partial charge in [-0.05, 0) is 42.0 Å². The summed E-state index contributed by atoms with van der Waals surface area (Å²) in [5.41, 5.74) is 2.70. The van der Waals surface area contributed by atoms with Crippen LogP contribution in [0.25, 0.3) is 32.8 Å². The summed E-state index contributed by atoms with van der Waals surface area (Å²) in [6, 6.07) is 11.8. The van der Waals surface area contributed by atoms with Crippen LogP contribution >= 0.6 is 0 Å². The zero-order valence-corrected chi connectivity index (χ0v) is 18.1. The molecule has 31 heavy (non-hydrogen) atoms. The van der Waals surface area contributed by atoms with E-state index in [1.54, 1.807) is 21.3 Å². The molecule has 0 fully saturated rings. The Bertz CT molecular complexity index is 1390. The standard InChI is InChI=1S/C25H25FN2O3/c1-15-23(19-11-16(26)9-10-21(19)28(15)13-22(29)30)20-12-27(14-25(2,3)4)24(31)18-8-6-5-7-17(18)20/h5-12H,13-14H2,1-4H3,(H,29,30). The zero-order chi connectivity index (χ0) is 22.5. The normalized spacial score (nSPS) is 12.0. The van der Waals surface area contributed by atoms with Crippen LogP contribution in [0.5, 0.6) is 0 Å². The second kappa shape index (κ2) is 7.38. The summed E-state index contributed by atoms with van der Waals surface area (Å²) in [4.78, 5) is 24.7. The minimum absolute atomic E-state index is 0.0765. The first-order valence-electron chi connectivity index (χ1n) is 10.2. The van der Waals surface area contributed by atoms with Gasteiger partial charge in [-0.1, -0.05) is 39.0 Å². The molecule has 0 aliphatic rings. The summed E-state index contributed by atoms with van der Waals surface area (Å²) in [6.07, 6.45) is 1.83. The number of rotatable bonds is 4.